The van der Waals surface area contributed by atoms with Gasteiger partial charge >= 0.3 is 0 Å². The second-order valence-corrected chi connectivity index (χ2v) is 5.58. The van der Waals surface area contributed by atoms with Crippen LogP contribution in [0.5, 0.6) is 0 Å². The molecule has 21 heavy (non-hydrogen) atoms. The maximum atomic E-state index is 5.20. The van der Waals surface area contributed by atoms with E-state index in [1.54, 1.807) is 0 Å². The molecule has 2 heterocycles. The molecule has 0 radical (unpaired) electrons. The standard InChI is InChI=1S/C14H23ClN6/c1-2-7-20-8-3-5-13(11-20)10-16-18-14-6-4-9-21(14)12-17-19-15/h4,6,9,13H,2-3,5,7-8,10-12H2,1H3. The van der Waals surface area contributed by atoms with Crippen LogP contribution < -0.4 is 0 Å². The van der Waals surface area contributed by atoms with Crippen LogP contribution in [-0.4, -0.2) is 35.6 Å². The first-order valence-electron chi connectivity index (χ1n) is 7.56. The van der Waals surface area contributed by atoms with E-state index in [1.807, 2.05) is 22.9 Å². The lowest BCUT2D eigenvalue weighted by atomic mass is 9.98. The van der Waals surface area contributed by atoms with Crippen molar-refractivity contribution < 1.29 is 0 Å². The molecule has 1 aliphatic heterocycles. The second-order valence-electron chi connectivity index (χ2n) is 5.43. The molecule has 1 atom stereocenters. The molecule has 1 aromatic rings. The van der Waals surface area contributed by atoms with Crippen molar-refractivity contribution >= 4 is 17.6 Å². The summed E-state index contributed by atoms with van der Waals surface area (Å²) in [4.78, 5) is 2.53. The first-order chi connectivity index (χ1) is 10.3. The molecule has 1 saturated heterocycles. The van der Waals surface area contributed by atoms with E-state index in [1.165, 1.54) is 32.4 Å². The zero-order valence-electron chi connectivity index (χ0n) is 12.5. The van der Waals surface area contributed by atoms with Gasteiger partial charge in [-0.15, -0.1) is 5.11 Å². The molecule has 0 aliphatic carbocycles. The SMILES string of the molecule is CCCN1CCCC(CN=Nc2cccn2CN=NCl)C1. The van der Waals surface area contributed by atoms with Crippen molar-refractivity contribution in [1.29, 1.82) is 0 Å². The quantitative estimate of drug-likeness (QED) is 0.694. The molecule has 1 aromatic heterocycles. The summed E-state index contributed by atoms with van der Waals surface area (Å²) in [6.45, 7) is 6.97. The summed E-state index contributed by atoms with van der Waals surface area (Å²) in [5.41, 5.74) is 0. The summed E-state index contributed by atoms with van der Waals surface area (Å²) in [7, 11) is 0. The van der Waals surface area contributed by atoms with Crippen molar-refractivity contribution in [1.82, 2.24) is 9.47 Å². The Bertz CT molecular complexity index is 468. The fourth-order valence-corrected chi connectivity index (χ4v) is 2.80. The van der Waals surface area contributed by atoms with Crippen LogP contribution in [0.25, 0.3) is 0 Å². The van der Waals surface area contributed by atoms with Crippen LogP contribution in [0.1, 0.15) is 26.2 Å². The predicted octanol–water partition coefficient (Wildman–Crippen LogP) is 4.26. The van der Waals surface area contributed by atoms with Crippen molar-refractivity contribution in [3.8, 4) is 0 Å². The molecular formula is C14H23ClN6. The van der Waals surface area contributed by atoms with Crippen LogP contribution in [0, 0.1) is 5.92 Å². The smallest absolute Gasteiger partial charge is 0.156 e. The van der Waals surface area contributed by atoms with E-state index in [0.29, 0.717) is 12.6 Å². The highest BCUT2D eigenvalue weighted by Gasteiger charge is 2.18. The monoisotopic (exact) mass is 310 g/mol. The average Bonchev–Trinajstić information content (AvgIpc) is 2.93. The van der Waals surface area contributed by atoms with Gasteiger partial charge < -0.3 is 9.47 Å². The van der Waals surface area contributed by atoms with E-state index in [4.69, 9.17) is 11.8 Å². The van der Waals surface area contributed by atoms with Crippen LogP contribution in [0.15, 0.2) is 38.3 Å². The molecule has 116 valence electrons. The minimum Gasteiger partial charge on any atom is -0.309 e. The summed E-state index contributed by atoms with van der Waals surface area (Å²) >= 11 is 5.20. The van der Waals surface area contributed by atoms with Crippen molar-refractivity contribution in [3.05, 3.63) is 18.3 Å². The number of rotatable bonds is 7. The molecule has 0 spiro atoms. The first kappa shape index (κ1) is 16.1. The highest BCUT2D eigenvalue weighted by atomic mass is 35.5. The van der Waals surface area contributed by atoms with Gasteiger partial charge in [0, 0.05) is 12.7 Å². The third-order valence-electron chi connectivity index (χ3n) is 3.73. The van der Waals surface area contributed by atoms with Crippen LogP contribution in [0.4, 0.5) is 5.82 Å². The summed E-state index contributed by atoms with van der Waals surface area (Å²) in [6.07, 6.45) is 5.63. The fraction of sp³-hybridized carbons (Fsp3) is 0.714. The average molecular weight is 311 g/mol. The van der Waals surface area contributed by atoms with Crippen molar-refractivity contribution in [3.63, 3.8) is 0 Å². The first-order valence-corrected chi connectivity index (χ1v) is 7.90. The lowest BCUT2D eigenvalue weighted by Crippen LogP contribution is -2.36. The fourth-order valence-electron chi connectivity index (χ4n) is 2.76. The van der Waals surface area contributed by atoms with Crippen LogP contribution >= 0.6 is 11.8 Å². The molecule has 0 saturated carbocycles. The largest absolute Gasteiger partial charge is 0.309 e. The molecule has 7 heteroatoms. The van der Waals surface area contributed by atoms with Gasteiger partial charge in [0.1, 0.15) is 6.67 Å². The molecule has 0 N–H and O–H groups in total. The van der Waals surface area contributed by atoms with Gasteiger partial charge in [0.05, 0.1) is 18.3 Å². The lowest BCUT2D eigenvalue weighted by molar-refractivity contribution is 0.178. The van der Waals surface area contributed by atoms with Crippen molar-refractivity contribution in [2.75, 3.05) is 26.2 Å². The Balaban J connectivity index is 1.83. The Morgan fingerprint density at radius 2 is 2.29 bits per heavy atom. The highest BCUT2D eigenvalue weighted by Crippen LogP contribution is 2.19. The maximum Gasteiger partial charge on any atom is 0.156 e. The molecule has 1 unspecified atom stereocenters. The number of hydrogen-bond acceptors (Lipinski definition) is 5. The van der Waals surface area contributed by atoms with E-state index in [9.17, 15) is 0 Å². The number of hydrogen-bond donors (Lipinski definition) is 0. The van der Waals surface area contributed by atoms with Crippen LogP contribution in [-0.2, 0) is 6.67 Å². The second kappa shape index (κ2) is 8.89. The number of nitrogens with zero attached hydrogens (tertiary/aromatic N) is 6. The Morgan fingerprint density at radius 3 is 3.10 bits per heavy atom. The number of piperidine rings is 1. The normalized spacial score (nSPS) is 20.8. The van der Waals surface area contributed by atoms with Gasteiger partial charge in [0.25, 0.3) is 0 Å². The van der Waals surface area contributed by atoms with Gasteiger partial charge in [-0.05, 0) is 50.4 Å². The molecule has 1 aliphatic rings. The zero-order valence-corrected chi connectivity index (χ0v) is 13.3. The van der Waals surface area contributed by atoms with Gasteiger partial charge in [-0.1, -0.05) is 11.6 Å². The molecule has 6 nitrogen and oxygen atoms in total. The molecule has 2 rings (SSSR count). The van der Waals surface area contributed by atoms with E-state index in [0.717, 1.165) is 18.9 Å². The van der Waals surface area contributed by atoms with Gasteiger partial charge in [0.2, 0.25) is 0 Å². The van der Waals surface area contributed by atoms with Crippen molar-refractivity contribution in [2.24, 2.45) is 25.9 Å². The molecule has 1 fully saturated rings. The molecular weight excluding hydrogens is 288 g/mol. The van der Waals surface area contributed by atoms with E-state index in [2.05, 4.69) is 31.8 Å². The Hall–Kier alpha value is -1.27. The number of likely N-dealkylation sites (tertiary alicyclic amines) is 1. The molecule has 0 amide bonds. The maximum absolute atomic E-state index is 5.20. The summed E-state index contributed by atoms with van der Waals surface area (Å²) in [5, 5.41) is 12.4. The van der Waals surface area contributed by atoms with E-state index >= 15 is 0 Å². The van der Waals surface area contributed by atoms with Gasteiger partial charge in [-0.3, -0.25) is 0 Å². The lowest BCUT2D eigenvalue weighted by Gasteiger charge is -2.31. The molecule has 0 aromatic carbocycles. The number of halogens is 1. The van der Waals surface area contributed by atoms with E-state index < -0.39 is 0 Å². The van der Waals surface area contributed by atoms with Gasteiger partial charge in [0.15, 0.2) is 5.82 Å². The number of aromatic nitrogens is 1. The minimum atomic E-state index is 0.374. The molecule has 0 bridgehead atoms. The zero-order chi connectivity index (χ0) is 14.9. The summed E-state index contributed by atoms with van der Waals surface area (Å²) < 4.78 is 5.09. The topological polar surface area (TPSA) is 57.6 Å². The minimum absolute atomic E-state index is 0.374. The third-order valence-corrected chi connectivity index (χ3v) is 3.84. The van der Waals surface area contributed by atoms with Gasteiger partial charge in [-0.2, -0.15) is 10.2 Å². The Kier molecular flexibility index (Phi) is 6.82. The van der Waals surface area contributed by atoms with Gasteiger partial charge in [-0.25, -0.2) is 0 Å². The third kappa shape index (κ3) is 5.21. The number of azo groups is 1. The Labute approximate surface area is 131 Å². The van der Waals surface area contributed by atoms with E-state index in [-0.39, 0.29) is 0 Å². The summed E-state index contributed by atoms with van der Waals surface area (Å²) in [6, 6.07) is 3.83. The predicted molar refractivity (Wildman–Crippen MR) is 84.0 cm³/mol. The van der Waals surface area contributed by atoms with Crippen molar-refractivity contribution in [2.45, 2.75) is 32.9 Å². The van der Waals surface area contributed by atoms with Crippen LogP contribution in [0.2, 0.25) is 0 Å². The summed E-state index contributed by atoms with van der Waals surface area (Å²) in [5.74, 6) is 1.42. The van der Waals surface area contributed by atoms with Crippen LogP contribution in [0.3, 0.4) is 0 Å². The Morgan fingerprint density at radius 1 is 1.38 bits per heavy atom. The highest BCUT2D eigenvalue weighted by molar-refractivity contribution is 6.13.